The predicted molar refractivity (Wildman–Crippen MR) is 53.9 cm³/mol. The van der Waals surface area contributed by atoms with Crippen molar-refractivity contribution in [2.75, 3.05) is 6.61 Å². The maximum Gasteiger partial charge on any atom is 0.453 e. The highest BCUT2D eigenvalue weighted by Gasteiger charge is 2.35. The van der Waals surface area contributed by atoms with Crippen molar-refractivity contribution in [1.82, 2.24) is 14.6 Å². The molecule has 0 radical (unpaired) electrons. The Hall–Kier alpha value is -2.12. The zero-order valence-corrected chi connectivity index (χ0v) is 9.23. The molecule has 2 heterocycles. The van der Waals surface area contributed by atoms with E-state index >= 15 is 0 Å². The number of esters is 1. The smallest absolute Gasteiger partial charge is 0.453 e. The summed E-state index contributed by atoms with van der Waals surface area (Å²) in [7, 11) is 0. The second kappa shape index (κ2) is 4.28. The lowest BCUT2D eigenvalue weighted by molar-refractivity contribution is -0.145. The molecule has 2 rings (SSSR count). The number of aromatic nitrogens is 3. The van der Waals surface area contributed by atoms with Crippen LogP contribution in [0.15, 0.2) is 18.5 Å². The summed E-state index contributed by atoms with van der Waals surface area (Å²) in [5.74, 6) is -1.88. The molecule has 0 saturated carbocycles. The van der Waals surface area contributed by atoms with Gasteiger partial charge in [-0.2, -0.15) is 13.2 Å². The third kappa shape index (κ3) is 2.27. The highest BCUT2D eigenvalue weighted by molar-refractivity contribution is 5.90. The first kappa shape index (κ1) is 12.3. The van der Waals surface area contributed by atoms with Crippen LogP contribution in [0.2, 0.25) is 0 Å². The summed E-state index contributed by atoms with van der Waals surface area (Å²) in [5.41, 5.74) is 0.413. The summed E-state index contributed by atoms with van der Waals surface area (Å²) in [6, 6.07) is 1.36. The summed E-state index contributed by atoms with van der Waals surface area (Å²) in [4.78, 5) is 14.6. The van der Waals surface area contributed by atoms with Gasteiger partial charge in [0.15, 0.2) is 0 Å². The third-order valence-electron chi connectivity index (χ3n) is 2.12. The topological polar surface area (TPSA) is 56.5 Å². The first-order valence-electron chi connectivity index (χ1n) is 5.01. The Balaban J connectivity index is 2.43. The van der Waals surface area contributed by atoms with E-state index < -0.39 is 18.0 Å². The highest BCUT2D eigenvalue weighted by Crippen LogP contribution is 2.25. The van der Waals surface area contributed by atoms with Crippen molar-refractivity contribution in [3.63, 3.8) is 0 Å². The van der Waals surface area contributed by atoms with Crippen molar-refractivity contribution in [3.8, 4) is 0 Å². The summed E-state index contributed by atoms with van der Waals surface area (Å²) in [6.07, 6.45) is -2.45. The number of nitrogens with zero attached hydrogens (tertiary/aromatic N) is 3. The molecule has 18 heavy (non-hydrogen) atoms. The Morgan fingerprint density at radius 1 is 1.50 bits per heavy atom. The van der Waals surface area contributed by atoms with Gasteiger partial charge in [0.05, 0.1) is 23.9 Å². The molecule has 5 nitrogen and oxygen atoms in total. The van der Waals surface area contributed by atoms with Crippen LogP contribution in [0.4, 0.5) is 13.2 Å². The largest absolute Gasteiger partial charge is 0.462 e. The van der Waals surface area contributed by atoms with E-state index in [-0.39, 0.29) is 17.7 Å². The molecule has 0 saturated heterocycles. The van der Waals surface area contributed by atoms with E-state index in [9.17, 15) is 18.0 Å². The number of halogens is 3. The zero-order chi connectivity index (χ0) is 13.3. The van der Waals surface area contributed by atoms with Crippen molar-refractivity contribution in [2.24, 2.45) is 0 Å². The Kier molecular flexibility index (Phi) is 2.93. The Labute approximate surface area is 99.2 Å². The molecule has 0 amide bonds. The Morgan fingerprint density at radius 2 is 2.22 bits per heavy atom. The molecule has 0 N–H and O–H groups in total. The van der Waals surface area contributed by atoms with Crippen LogP contribution in [-0.4, -0.2) is 27.2 Å². The average Bonchev–Trinajstić information content (AvgIpc) is 2.70. The summed E-state index contributed by atoms with van der Waals surface area (Å²) >= 11 is 0. The minimum Gasteiger partial charge on any atom is -0.462 e. The number of rotatable bonds is 2. The molecule has 0 aliphatic carbocycles. The molecule has 2 aromatic rings. The number of ether oxygens (including phenoxy) is 1. The van der Waals surface area contributed by atoms with Crippen molar-refractivity contribution in [3.05, 3.63) is 29.8 Å². The number of alkyl halides is 3. The molecule has 8 heteroatoms. The standard InChI is InChI=1S/C10H8F3N3O2/c1-2-18-8(17)6-3-7-4-14-9(10(11,12)13)15-16(7)5-6/h3-5H,2H2,1H3. The van der Waals surface area contributed by atoms with Crippen LogP contribution in [0.5, 0.6) is 0 Å². The van der Waals surface area contributed by atoms with Gasteiger partial charge in [-0.05, 0) is 13.0 Å². The van der Waals surface area contributed by atoms with E-state index in [0.717, 1.165) is 10.7 Å². The fraction of sp³-hybridized carbons (Fsp3) is 0.300. The summed E-state index contributed by atoms with van der Waals surface area (Å²) < 4.78 is 42.8. The second-order valence-corrected chi connectivity index (χ2v) is 3.40. The SMILES string of the molecule is CCOC(=O)c1cc2cnc(C(F)(F)F)nn2c1. The summed E-state index contributed by atoms with van der Waals surface area (Å²) in [6.45, 7) is 1.82. The predicted octanol–water partition coefficient (Wildman–Crippen LogP) is 1.92. The molecule has 0 aliphatic heterocycles. The first-order chi connectivity index (χ1) is 8.41. The second-order valence-electron chi connectivity index (χ2n) is 3.40. The minimum atomic E-state index is -4.62. The van der Waals surface area contributed by atoms with Crippen LogP contribution in [-0.2, 0) is 10.9 Å². The zero-order valence-electron chi connectivity index (χ0n) is 9.23. The monoisotopic (exact) mass is 259 g/mol. The number of carbonyl (C=O) groups is 1. The quantitative estimate of drug-likeness (QED) is 0.773. The van der Waals surface area contributed by atoms with Crippen molar-refractivity contribution in [2.45, 2.75) is 13.1 Å². The van der Waals surface area contributed by atoms with E-state index in [2.05, 4.69) is 10.1 Å². The van der Waals surface area contributed by atoms with E-state index in [4.69, 9.17) is 4.74 Å². The van der Waals surface area contributed by atoms with Crippen LogP contribution in [0.3, 0.4) is 0 Å². The lowest BCUT2D eigenvalue weighted by Gasteiger charge is -2.03. The van der Waals surface area contributed by atoms with Crippen LogP contribution in [0.25, 0.3) is 5.52 Å². The van der Waals surface area contributed by atoms with Crippen molar-refractivity contribution >= 4 is 11.5 Å². The number of hydrogen-bond donors (Lipinski definition) is 0. The van der Waals surface area contributed by atoms with Gasteiger partial charge in [-0.15, -0.1) is 5.10 Å². The van der Waals surface area contributed by atoms with Gasteiger partial charge in [0.2, 0.25) is 0 Å². The van der Waals surface area contributed by atoms with Gasteiger partial charge in [0.25, 0.3) is 5.82 Å². The number of carbonyl (C=O) groups excluding carboxylic acids is 1. The van der Waals surface area contributed by atoms with Gasteiger partial charge in [-0.1, -0.05) is 0 Å². The highest BCUT2D eigenvalue weighted by atomic mass is 19.4. The van der Waals surface area contributed by atoms with Gasteiger partial charge in [-0.25, -0.2) is 14.3 Å². The maximum atomic E-state index is 12.4. The molecule has 0 aliphatic rings. The average molecular weight is 259 g/mol. The maximum absolute atomic E-state index is 12.4. The van der Waals surface area contributed by atoms with E-state index in [0.29, 0.717) is 0 Å². The van der Waals surface area contributed by atoms with Crippen LogP contribution < -0.4 is 0 Å². The molecule has 96 valence electrons. The first-order valence-corrected chi connectivity index (χ1v) is 5.01. The molecule has 0 bridgehead atoms. The Morgan fingerprint density at radius 3 is 2.83 bits per heavy atom. The normalized spacial score (nSPS) is 11.8. The lowest BCUT2D eigenvalue weighted by atomic mass is 10.3. The van der Waals surface area contributed by atoms with E-state index in [1.54, 1.807) is 6.92 Å². The van der Waals surface area contributed by atoms with Crippen molar-refractivity contribution < 1.29 is 22.7 Å². The van der Waals surface area contributed by atoms with E-state index in [1.165, 1.54) is 12.3 Å². The van der Waals surface area contributed by atoms with E-state index in [1.807, 2.05) is 0 Å². The molecular formula is C10H8F3N3O2. The van der Waals surface area contributed by atoms with Crippen LogP contribution in [0, 0.1) is 0 Å². The lowest BCUT2D eigenvalue weighted by Crippen LogP contribution is -2.13. The minimum absolute atomic E-state index is 0.130. The van der Waals surface area contributed by atoms with Gasteiger partial charge >= 0.3 is 12.1 Å². The third-order valence-corrected chi connectivity index (χ3v) is 2.12. The van der Waals surface area contributed by atoms with Crippen LogP contribution in [0.1, 0.15) is 23.1 Å². The van der Waals surface area contributed by atoms with Gasteiger partial charge in [0.1, 0.15) is 0 Å². The molecule has 2 aromatic heterocycles. The fourth-order valence-electron chi connectivity index (χ4n) is 1.36. The van der Waals surface area contributed by atoms with Gasteiger partial charge in [-0.3, -0.25) is 0 Å². The molecular weight excluding hydrogens is 251 g/mol. The Bertz CT molecular complexity index is 592. The summed E-state index contributed by atoms with van der Waals surface area (Å²) in [5, 5.41) is 3.28. The van der Waals surface area contributed by atoms with Crippen LogP contribution >= 0.6 is 0 Å². The molecule has 0 unspecified atom stereocenters. The molecule has 0 spiro atoms. The molecule has 0 aromatic carbocycles. The number of hydrogen-bond acceptors (Lipinski definition) is 4. The van der Waals surface area contributed by atoms with Gasteiger partial charge < -0.3 is 4.74 Å². The number of fused-ring (bicyclic) bond motifs is 1. The van der Waals surface area contributed by atoms with Crippen molar-refractivity contribution in [1.29, 1.82) is 0 Å². The molecule has 0 fully saturated rings. The molecule has 0 atom stereocenters. The fourth-order valence-corrected chi connectivity index (χ4v) is 1.36. The van der Waals surface area contributed by atoms with Gasteiger partial charge in [0, 0.05) is 6.20 Å².